The summed E-state index contributed by atoms with van der Waals surface area (Å²) in [5.74, 6) is -0.287. The lowest BCUT2D eigenvalue weighted by atomic mass is 10.1. The zero-order valence-electron chi connectivity index (χ0n) is 14.5. The first kappa shape index (κ1) is 18.0. The van der Waals surface area contributed by atoms with Crippen LogP contribution in [0.3, 0.4) is 0 Å². The molecule has 0 aliphatic carbocycles. The second kappa shape index (κ2) is 7.95. The molecule has 1 aromatic carbocycles. The second-order valence-corrected chi connectivity index (χ2v) is 6.37. The number of rotatable bonds is 4. The SMILES string of the molecule is CC(C)C(=O)N1CCN(C(=O)C(C)NC(=O)c2ccccc2)CC1. The molecule has 0 bridgehead atoms. The van der Waals surface area contributed by atoms with Gasteiger partial charge in [-0.25, -0.2) is 0 Å². The van der Waals surface area contributed by atoms with E-state index in [4.69, 9.17) is 0 Å². The van der Waals surface area contributed by atoms with E-state index in [9.17, 15) is 14.4 Å². The highest BCUT2D eigenvalue weighted by molar-refractivity contribution is 5.97. The molecule has 1 aliphatic rings. The van der Waals surface area contributed by atoms with E-state index in [0.717, 1.165) is 0 Å². The van der Waals surface area contributed by atoms with Gasteiger partial charge in [0.2, 0.25) is 11.8 Å². The molecule has 1 saturated heterocycles. The Morgan fingerprint density at radius 3 is 1.88 bits per heavy atom. The van der Waals surface area contributed by atoms with Gasteiger partial charge in [0.15, 0.2) is 0 Å². The van der Waals surface area contributed by atoms with Crippen LogP contribution in [0.5, 0.6) is 0 Å². The number of hydrogen-bond donors (Lipinski definition) is 1. The van der Waals surface area contributed by atoms with E-state index < -0.39 is 6.04 Å². The van der Waals surface area contributed by atoms with Crippen molar-refractivity contribution in [2.45, 2.75) is 26.8 Å². The molecule has 2 rings (SSSR count). The van der Waals surface area contributed by atoms with Crippen molar-refractivity contribution in [1.29, 1.82) is 0 Å². The van der Waals surface area contributed by atoms with Gasteiger partial charge in [0.25, 0.3) is 5.91 Å². The molecule has 6 heteroatoms. The summed E-state index contributed by atoms with van der Waals surface area (Å²) in [7, 11) is 0. The third kappa shape index (κ3) is 4.34. The molecule has 1 unspecified atom stereocenters. The van der Waals surface area contributed by atoms with Crippen molar-refractivity contribution in [3.8, 4) is 0 Å². The van der Waals surface area contributed by atoms with Crippen molar-refractivity contribution >= 4 is 17.7 Å². The fourth-order valence-corrected chi connectivity index (χ4v) is 2.72. The first-order valence-corrected chi connectivity index (χ1v) is 8.33. The van der Waals surface area contributed by atoms with E-state index >= 15 is 0 Å². The predicted octanol–water partition coefficient (Wildman–Crippen LogP) is 1.13. The van der Waals surface area contributed by atoms with Gasteiger partial charge in [0, 0.05) is 37.7 Å². The number of amides is 3. The van der Waals surface area contributed by atoms with Crippen molar-refractivity contribution in [1.82, 2.24) is 15.1 Å². The Morgan fingerprint density at radius 1 is 0.875 bits per heavy atom. The van der Waals surface area contributed by atoms with Crippen LogP contribution < -0.4 is 5.32 Å². The largest absolute Gasteiger partial charge is 0.341 e. The highest BCUT2D eigenvalue weighted by Gasteiger charge is 2.28. The van der Waals surface area contributed by atoms with Gasteiger partial charge in [-0.1, -0.05) is 32.0 Å². The molecule has 1 fully saturated rings. The molecule has 0 radical (unpaired) electrons. The third-order valence-corrected chi connectivity index (χ3v) is 4.15. The van der Waals surface area contributed by atoms with Gasteiger partial charge in [0.05, 0.1) is 0 Å². The lowest BCUT2D eigenvalue weighted by molar-refractivity contribution is -0.142. The summed E-state index contributed by atoms with van der Waals surface area (Å²) in [4.78, 5) is 40.1. The first-order chi connectivity index (χ1) is 11.4. The Morgan fingerprint density at radius 2 is 1.38 bits per heavy atom. The van der Waals surface area contributed by atoms with Crippen LogP contribution >= 0.6 is 0 Å². The van der Waals surface area contributed by atoms with Crippen LogP contribution in [0.4, 0.5) is 0 Å². The average Bonchev–Trinajstić information content (AvgIpc) is 2.61. The molecule has 130 valence electrons. The zero-order valence-corrected chi connectivity index (χ0v) is 14.5. The number of carbonyl (C=O) groups is 3. The van der Waals surface area contributed by atoms with Crippen molar-refractivity contribution in [2.75, 3.05) is 26.2 Å². The average molecular weight is 331 g/mol. The molecule has 1 aromatic rings. The summed E-state index contributed by atoms with van der Waals surface area (Å²) in [6, 6.07) is 8.23. The van der Waals surface area contributed by atoms with Gasteiger partial charge < -0.3 is 15.1 Å². The lowest BCUT2D eigenvalue weighted by Gasteiger charge is -2.36. The van der Waals surface area contributed by atoms with E-state index in [1.165, 1.54) is 0 Å². The van der Waals surface area contributed by atoms with Crippen LogP contribution in [-0.2, 0) is 9.59 Å². The first-order valence-electron chi connectivity index (χ1n) is 8.33. The van der Waals surface area contributed by atoms with Gasteiger partial charge in [0.1, 0.15) is 6.04 Å². The van der Waals surface area contributed by atoms with Gasteiger partial charge in [-0.2, -0.15) is 0 Å². The second-order valence-electron chi connectivity index (χ2n) is 6.37. The summed E-state index contributed by atoms with van der Waals surface area (Å²) < 4.78 is 0. The molecule has 1 N–H and O–H groups in total. The number of nitrogens with one attached hydrogen (secondary N) is 1. The maximum Gasteiger partial charge on any atom is 0.251 e. The highest BCUT2D eigenvalue weighted by atomic mass is 16.2. The normalized spacial score (nSPS) is 16.0. The molecule has 0 saturated carbocycles. The van der Waals surface area contributed by atoms with Gasteiger partial charge in [-0.15, -0.1) is 0 Å². The summed E-state index contributed by atoms with van der Waals surface area (Å²) in [5, 5.41) is 2.73. The van der Waals surface area contributed by atoms with Crippen molar-refractivity contribution in [3.05, 3.63) is 35.9 Å². The zero-order chi connectivity index (χ0) is 17.7. The van der Waals surface area contributed by atoms with Gasteiger partial charge in [-0.3, -0.25) is 14.4 Å². The van der Waals surface area contributed by atoms with Crippen LogP contribution in [0.2, 0.25) is 0 Å². The number of nitrogens with zero attached hydrogens (tertiary/aromatic N) is 2. The summed E-state index contributed by atoms with van der Waals surface area (Å²) >= 11 is 0. The Balaban J connectivity index is 1.86. The van der Waals surface area contributed by atoms with Crippen molar-refractivity contribution in [2.24, 2.45) is 5.92 Å². The topological polar surface area (TPSA) is 69.7 Å². The Kier molecular flexibility index (Phi) is 5.95. The van der Waals surface area contributed by atoms with Crippen LogP contribution in [0.1, 0.15) is 31.1 Å². The number of hydrogen-bond acceptors (Lipinski definition) is 3. The van der Waals surface area contributed by atoms with Crippen LogP contribution in [0.15, 0.2) is 30.3 Å². The number of benzene rings is 1. The fraction of sp³-hybridized carbons (Fsp3) is 0.500. The molecule has 0 spiro atoms. The minimum absolute atomic E-state index is 0.0312. The van der Waals surface area contributed by atoms with E-state index in [2.05, 4.69) is 5.32 Å². The third-order valence-electron chi connectivity index (χ3n) is 4.15. The molecule has 3 amide bonds. The number of carbonyl (C=O) groups excluding carboxylic acids is 3. The van der Waals surface area contributed by atoms with Crippen LogP contribution in [0, 0.1) is 5.92 Å². The minimum atomic E-state index is -0.593. The summed E-state index contributed by atoms with van der Waals surface area (Å²) in [6.45, 7) is 7.53. The molecule has 0 aromatic heterocycles. The summed E-state index contributed by atoms with van der Waals surface area (Å²) in [5.41, 5.74) is 0.532. The monoisotopic (exact) mass is 331 g/mol. The molecule has 24 heavy (non-hydrogen) atoms. The molecule has 1 aliphatic heterocycles. The smallest absolute Gasteiger partial charge is 0.251 e. The molecular weight excluding hydrogens is 306 g/mol. The molecule has 6 nitrogen and oxygen atoms in total. The molecule has 1 atom stereocenters. The van der Waals surface area contributed by atoms with E-state index in [1.807, 2.05) is 19.9 Å². The lowest BCUT2D eigenvalue weighted by Crippen LogP contribution is -2.55. The molecule has 1 heterocycles. The van der Waals surface area contributed by atoms with Crippen LogP contribution in [0.25, 0.3) is 0 Å². The van der Waals surface area contributed by atoms with Crippen molar-refractivity contribution in [3.63, 3.8) is 0 Å². The van der Waals surface area contributed by atoms with Crippen LogP contribution in [-0.4, -0.2) is 59.7 Å². The Bertz CT molecular complexity index is 593. The number of piperazine rings is 1. The highest BCUT2D eigenvalue weighted by Crippen LogP contribution is 2.09. The van der Waals surface area contributed by atoms with E-state index in [1.54, 1.807) is 41.0 Å². The quantitative estimate of drug-likeness (QED) is 0.899. The van der Waals surface area contributed by atoms with E-state index in [0.29, 0.717) is 31.7 Å². The fourth-order valence-electron chi connectivity index (χ4n) is 2.72. The van der Waals surface area contributed by atoms with Crippen molar-refractivity contribution < 1.29 is 14.4 Å². The van der Waals surface area contributed by atoms with E-state index in [-0.39, 0.29) is 23.6 Å². The maximum atomic E-state index is 12.5. The Labute approximate surface area is 142 Å². The standard InChI is InChI=1S/C18H25N3O3/c1-13(2)17(23)20-9-11-21(12-10-20)18(24)14(3)19-16(22)15-7-5-4-6-8-15/h4-8,13-14H,9-12H2,1-3H3,(H,19,22). The minimum Gasteiger partial charge on any atom is -0.341 e. The van der Waals surface area contributed by atoms with Gasteiger partial charge in [-0.05, 0) is 19.1 Å². The van der Waals surface area contributed by atoms with Gasteiger partial charge >= 0.3 is 0 Å². The predicted molar refractivity (Wildman–Crippen MR) is 91.4 cm³/mol. The molecular formula is C18H25N3O3. The maximum absolute atomic E-state index is 12.5. The Hall–Kier alpha value is -2.37. The summed E-state index contributed by atoms with van der Waals surface area (Å²) in [6.07, 6.45) is 0.